The van der Waals surface area contributed by atoms with E-state index >= 15 is 0 Å². The summed E-state index contributed by atoms with van der Waals surface area (Å²) in [5.41, 5.74) is 0.909. The molecular weight excluding hydrogens is 248 g/mol. The first-order valence-corrected chi connectivity index (χ1v) is 6.50. The van der Waals surface area contributed by atoms with Crippen molar-refractivity contribution in [1.29, 1.82) is 0 Å². The Morgan fingerprint density at radius 1 is 1.11 bits per heavy atom. The van der Waals surface area contributed by atoms with Gasteiger partial charge in [-0.3, -0.25) is 0 Å². The van der Waals surface area contributed by atoms with Crippen molar-refractivity contribution >= 4 is 0 Å². The quantitative estimate of drug-likeness (QED) is 0.787. The Hall–Kier alpha value is -0.980. The second-order valence-electron chi connectivity index (χ2n) is 5.09. The fourth-order valence-electron chi connectivity index (χ4n) is 2.52. The molecule has 2 aliphatic heterocycles. The number of hydrogen-bond acceptors (Lipinski definition) is 5. The predicted octanol–water partition coefficient (Wildman–Crippen LogP) is 0.815. The summed E-state index contributed by atoms with van der Waals surface area (Å²) in [6.45, 7) is 2.03. The lowest BCUT2D eigenvalue weighted by atomic mass is 9.92. The fourth-order valence-corrected chi connectivity index (χ4v) is 2.52. The van der Waals surface area contributed by atoms with Crippen LogP contribution in [-0.2, 0) is 14.2 Å². The molecule has 1 aromatic rings. The number of rotatable bonds is 1. The minimum atomic E-state index is -0.975. The van der Waals surface area contributed by atoms with E-state index in [0.29, 0.717) is 6.61 Å². The Bertz CT molecular complexity index is 421. The van der Waals surface area contributed by atoms with Gasteiger partial charge in [0.2, 0.25) is 0 Å². The highest BCUT2D eigenvalue weighted by atomic mass is 16.7. The topological polar surface area (TPSA) is 68.2 Å². The zero-order valence-corrected chi connectivity index (χ0v) is 10.7. The van der Waals surface area contributed by atoms with E-state index in [0.717, 1.165) is 5.56 Å². The van der Waals surface area contributed by atoms with Gasteiger partial charge in [-0.2, -0.15) is 0 Å². The van der Waals surface area contributed by atoms with Gasteiger partial charge in [-0.25, -0.2) is 0 Å². The van der Waals surface area contributed by atoms with Crippen molar-refractivity contribution in [2.45, 2.75) is 37.8 Å². The van der Waals surface area contributed by atoms with E-state index < -0.39 is 30.9 Å². The molecule has 2 heterocycles. The van der Waals surface area contributed by atoms with E-state index in [2.05, 4.69) is 0 Å². The van der Waals surface area contributed by atoms with Crippen LogP contribution in [0.3, 0.4) is 0 Å². The Morgan fingerprint density at radius 2 is 1.84 bits per heavy atom. The summed E-state index contributed by atoms with van der Waals surface area (Å²) < 4.78 is 16.8. The van der Waals surface area contributed by atoms with Gasteiger partial charge in [0.25, 0.3) is 0 Å². The molecule has 0 aromatic heterocycles. The van der Waals surface area contributed by atoms with Crippen molar-refractivity contribution in [3.05, 3.63) is 35.9 Å². The number of fused-ring (bicyclic) bond motifs is 1. The molecule has 0 amide bonds. The molecule has 2 saturated heterocycles. The largest absolute Gasteiger partial charge is 0.390 e. The molecule has 0 bridgehead atoms. The van der Waals surface area contributed by atoms with Gasteiger partial charge in [-0.1, -0.05) is 37.3 Å². The molecule has 6 unspecified atom stereocenters. The highest BCUT2D eigenvalue weighted by Gasteiger charge is 2.47. The van der Waals surface area contributed by atoms with Crippen LogP contribution in [-0.4, -0.2) is 41.4 Å². The first kappa shape index (κ1) is 13.0. The third-order valence-corrected chi connectivity index (χ3v) is 3.77. The van der Waals surface area contributed by atoms with E-state index in [1.807, 2.05) is 30.3 Å². The lowest BCUT2D eigenvalue weighted by molar-refractivity contribution is -0.345. The summed E-state index contributed by atoms with van der Waals surface area (Å²) >= 11 is 0. The first-order chi connectivity index (χ1) is 9.16. The highest BCUT2D eigenvalue weighted by molar-refractivity contribution is 5.16. The number of aliphatic hydroxyl groups excluding tert-OH is 2. The number of benzene rings is 1. The summed E-state index contributed by atoms with van der Waals surface area (Å²) in [7, 11) is 0. The lowest BCUT2D eigenvalue weighted by Crippen LogP contribution is -2.58. The minimum Gasteiger partial charge on any atom is -0.390 e. The summed E-state index contributed by atoms with van der Waals surface area (Å²) in [6.07, 6.45) is -3.14. The van der Waals surface area contributed by atoms with E-state index in [1.54, 1.807) is 6.92 Å². The summed E-state index contributed by atoms with van der Waals surface area (Å²) in [5.74, 6) is -0.379. The third-order valence-electron chi connectivity index (χ3n) is 3.77. The van der Waals surface area contributed by atoms with Gasteiger partial charge in [0.15, 0.2) is 12.6 Å². The van der Waals surface area contributed by atoms with Gasteiger partial charge in [-0.05, 0) is 0 Å². The average Bonchev–Trinajstić information content (AvgIpc) is 2.46. The third kappa shape index (κ3) is 2.40. The van der Waals surface area contributed by atoms with Crippen LogP contribution < -0.4 is 0 Å². The first-order valence-electron chi connectivity index (χ1n) is 6.50. The Balaban J connectivity index is 1.75. The summed E-state index contributed by atoms with van der Waals surface area (Å²) in [4.78, 5) is 0. The van der Waals surface area contributed by atoms with E-state index in [9.17, 15) is 10.2 Å². The second kappa shape index (κ2) is 5.19. The van der Waals surface area contributed by atoms with Crippen molar-refractivity contribution in [3.63, 3.8) is 0 Å². The summed E-state index contributed by atoms with van der Waals surface area (Å²) in [6, 6.07) is 9.58. The molecule has 2 N–H and O–H groups in total. The van der Waals surface area contributed by atoms with E-state index in [4.69, 9.17) is 14.2 Å². The molecule has 5 nitrogen and oxygen atoms in total. The van der Waals surface area contributed by atoms with Crippen LogP contribution in [0.15, 0.2) is 30.3 Å². The molecule has 3 rings (SSSR count). The molecule has 0 aliphatic carbocycles. The molecule has 19 heavy (non-hydrogen) atoms. The highest BCUT2D eigenvalue weighted by Crippen LogP contribution is 2.35. The molecule has 2 fully saturated rings. The number of hydrogen-bond donors (Lipinski definition) is 2. The lowest BCUT2D eigenvalue weighted by Gasteiger charge is -2.45. The van der Waals surface area contributed by atoms with Crippen molar-refractivity contribution < 1.29 is 24.4 Å². The maximum Gasteiger partial charge on any atom is 0.184 e. The second-order valence-corrected chi connectivity index (χ2v) is 5.09. The van der Waals surface area contributed by atoms with E-state index in [1.165, 1.54) is 0 Å². The zero-order chi connectivity index (χ0) is 13.4. The van der Waals surface area contributed by atoms with Gasteiger partial charge < -0.3 is 24.4 Å². The molecule has 6 atom stereocenters. The monoisotopic (exact) mass is 266 g/mol. The fraction of sp³-hybridized carbons (Fsp3) is 0.571. The van der Waals surface area contributed by atoms with Crippen molar-refractivity contribution in [2.24, 2.45) is 5.92 Å². The SMILES string of the molecule is CC1C(O)OC2COC(c3ccccc3)OC2C1O. The zero-order valence-electron chi connectivity index (χ0n) is 10.7. The van der Waals surface area contributed by atoms with Crippen LogP contribution in [0.2, 0.25) is 0 Å². The molecule has 2 aliphatic rings. The predicted molar refractivity (Wildman–Crippen MR) is 66.1 cm³/mol. The molecule has 0 spiro atoms. The molecule has 0 radical (unpaired) electrons. The van der Waals surface area contributed by atoms with Gasteiger partial charge in [0, 0.05) is 11.5 Å². The number of aliphatic hydroxyl groups is 2. The van der Waals surface area contributed by atoms with Crippen LogP contribution in [0.4, 0.5) is 0 Å². The Morgan fingerprint density at radius 3 is 2.58 bits per heavy atom. The average molecular weight is 266 g/mol. The van der Waals surface area contributed by atoms with Crippen molar-refractivity contribution in [3.8, 4) is 0 Å². The molecule has 1 aromatic carbocycles. The molecule has 0 saturated carbocycles. The molecular formula is C14H18O5. The van der Waals surface area contributed by atoms with E-state index in [-0.39, 0.29) is 5.92 Å². The van der Waals surface area contributed by atoms with Crippen molar-refractivity contribution in [2.75, 3.05) is 6.61 Å². The van der Waals surface area contributed by atoms with Crippen molar-refractivity contribution in [1.82, 2.24) is 0 Å². The number of ether oxygens (including phenoxy) is 3. The summed E-state index contributed by atoms with van der Waals surface area (Å²) in [5, 5.41) is 19.9. The van der Waals surface area contributed by atoms with Crippen LogP contribution in [0.25, 0.3) is 0 Å². The van der Waals surface area contributed by atoms with Gasteiger partial charge >= 0.3 is 0 Å². The maximum absolute atomic E-state index is 10.2. The van der Waals surface area contributed by atoms with Crippen LogP contribution in [0.5, 0.6) is 0 Å². The van der Waals surface area contributed by atoms with Gasteiger partial charge in [-0.15, -0.1) is 0 Å². The van der Waals surface area contributed by atoms with Crippen LogP contribution in [0.1, 0.15) is 18.8 Å². The standard InChI is InChI=1S/C14H18O5/c1-8-11(15)12-10(18-13(8)16)7-17-14(19-12)9-5-3-2-4-6-9/h2-6,8,10-16H,7H2,1H3. The Labute approximate surface area is 111 Å². The van der Waals surface area contributed by atoms with Crippen LogP contribution in [0, 0.1) is 5.92 Å². The smallest absolute Gasteiger partial charge is 0.184 e. The molecule has 104 valence electrons. The Kier molecular flexibility index (Phi) is 3.56. The van der Waals surface area contributed by atoms with Crippen LogP contribution >= 0.6 is 0 Å². The maximum atomic E-state index is 10.2. The van der Waals surface area contributed by atoms with Gasteiger partial charge in [0.1, 0.15) is 12.2 Å². The minimum absolute atomic E-state index is 0.297. The van der Waals surface area contributed by atoms with Gasteiger partial charge in [0.05, 0.1) is 12.7 Å². The molecule has 5 heteroatoms. The normalized spacial score (nSPS) is 42.7.